The first-order valence-electron chi connectivity index (χ1n) is 4.38. The number of anilines is 1. The van der Waals surface area contributed by atoms with E-state index in [4.69, 9.17) is 23.2 Å². The molecule has 1 rings (SSSR count). The summed E-state index contributed by atoms with van der Waals surface area (Å²) < 4.78 is 0. The lowest BCUT2D eigenvalue weighted by atomic mass is 10.2. The molecule has 0 unspecified atom stereocenters. The van der Waals surface area contributed by atoms with Gasteiger partial charge in [0.2, 0.25) is 0 Å². The van der Waals surface area contributed by atoms with E-state index < -0.39 is 0 Å². The molecule has 0 fully saturated rings. The summed E-state index contributed by atoms with van der Waals surface area (Å²) in [6, 6.07) is 3.61. The van der Waals surface area contributed by atoms with Gasteiger partial charge >= 0.3 is 0 Å². The summed E-state index contributed by atoms with van der Waals surface area (Å²) in [6.45, 7) is 1.90. The molecule has 82 valence electrons. The second-order valence-corrected chi connectivity index (χ2v) is 4.61. The smallest absolute Gasteiger partial charge is 0.0642 e. The number of hydrogen-bond donors (Lipinski definition) is 1. The highest BCUT2D eigenvalue weighted by Crippen LogP contribution is 2.30. The standard InChI is InChI=1S/C10H12Cl2N2S/c1-7-9(14-13-5-6-15-2)4-3-8(11)10(7)12/h3-5,14H,6H2,1-2H3/b13-5+. The van der Waals surface area contributed by atoms with Crippen LogP contribution in [-0.2, 0) is 0 Å². The number of benzene rings is 1. The lowest BCUT2D eigenvalue weighted by Crippen LogP contribution is -1.94. The Bertz CT molecular complexity index is 367. The van der Waals surface area contributed by atoms with E-state index in [0.717, 1.165) is 17.0 Å². The van der Waals surface area contributed by atoms with Gasteiger partial charge in [-0.05, 0) is 30.9 Å². The van der Waals surface area contributed by atoms with Crippen LogP contribution in [0.5, 0.6) is 0 Å². The van der Waals surface area contributed by atoms with Gasteiger partial charge in [0.25, 0.3) is 0 Å². The molecule has 0 saturated carbocycles. The van der Waals surface area contributed by atoms with E-state index in [1.165, 1.54) is 0 Å². The molecule has 2 nitrogen and oxygen atoms in total. The Balaban J connectivity index is 2.74. The monoisotopic (exact) mass is 262 g/mol. The van der Waals surface area contributed by atoms with Crippen LogP contribution in [-0.4, -0.2) is 18.2 Å². The highest BCUT2D eigenvalue weighted by Gasteiger charge is 2.05. The summed E-state index contributed by atoms with van der Waals surface area (Å²) >= 11 is 13.6. The highest BCUT2D eigenvalue weighted by atomic mass is 35.5. The molecule has 0 spiro atoms. The summed E-state index contributed by atoms with van der Waals surface area (Å²) in [6.07, 6.45) is 3.84. The fourth-order valence-electron chi connectivity index (χ4n) is 1.00. The SMILES string of the molecule is CSC/C=N/Nc1ccc(Cl)c(Cl)c1C. The van der Waals surface area contributed by atoms with E-state index in [1.807, 2.05) is 25.5 Å². The van der Waals surface area contributed by atoms with Crippen LogP contribution in [0.15, 0.2) is 17.2 Å². The second kappa shape index (κ2) is 6.26. The minimum absolute atomic E-state index is 0.563. The summed E-state index contributed by atoms with van der Waals surface area (Å²) in [5.74, 6) is 0.882. The summed E-state index contributed by atoms with van der Waals surface area (Å²) in [4.78, 5) is 0. The van der Waals surface area contributed by atoms with Crippen LogP contribution in [0.4, 0.5) is 5.69 Å². The molecule has 5 heteroatoms. The average Bonchev–Trinajstić information content (AvgIpc) is 2.24. The number of hydrogen-bond acceptors (Lipinski definition) is 3. The van der Waals surface area contributed by atoms with Crippen LogP contribution < -0.4 is 5.43 Å². The molecule has 0 amide bonds. The molecular weight excluding hydrogens is 251 g/mol. The number of thioether (sulfide) groups is 1. The van der Waals surface area contributed by atoms with Crippen molar-refractivity contribution in [3.63, 3.8) is 0 Å². The van der Waals surface area contributed by atoms with Crippen molar-refractivity contribution in [3.8, 4) is 0 Å². The van der Waals surface area contributed by atoms with Gasteiger partial charge in [-0.15, -0.1) is 0 Å². The van der Waals surface area contributed by atoms with Crippen LogP contribution >= 0.6 is 35.0 Å². The van der Waals surface area contributed by atoms with Crippen molar-refractivity contribution in [2.45, 2.75) is 6.92 Å². The van der Waals surface area contributed by atoms with Crippen molar-refractivity contribution in [1.29, 1.82) is 0 Å². The van der Waals surface area contributed by atoms with Gasteiger partial charge in [-0.2, -0.15) is 16.9 Å². The maximum Gasteiger partial charge on any atom is 0.0642 e. The van der Waals surface area contributed by atoms with Gasteiger partial charge in [0, 0.05) is 12.0 Å². The second-order valence-electron chi connectivity index (χ2n) is 2.91. The van der Waals surface area contributed by atoms with Crippen molar-refractivity contribution >= 4 is 46.9 Å². The van der Waals surface area contributed by atoms with Gasteiger partial charge in [0.15, 0.2) is 0 Å². The molecule has 0 bridgehead atoms. The van der Waals surface area contributed by atoms with E-state index >= 15 is 0 Å². The Morgan fingerprint density at radius 2 is 2.20 bits per heavy atom. The van der Waals surface area contributed by atoms with Gasteiger partial charge < -0.3 is 0 Å². The van der Waals surface area contributed by atoms with Gasteiger partial charge in [0.05, 0.1) is 15.7 Å². The third-order valence-corrected chi connectivity index (χ3v) is 3.24. The number of nitrogens with one attached hydrogen (secondary N) is 1. The Morgan fingerprint density at radius 1 is 1.47 bits per heavy atom. The molecule has 0 atom stereocenters. The first-order valence-corrected chi connectivity index (χ1v) is 6.53. The van der Waals surface area contributed by atoms with E-state index in [0.29, 0.717) is 10.0 Å². The normalized spacial score (nSPS) is 10.9. The lowest BCUT2D eigenvalue weighted by Gasteiger charge is -2.07. The van der Waals surface area contributed by atoms with Gasteiger partial charge in [0.1, 0.15) is 0 Å². The lowest BCUT2D eigenvalue weighted by molar-refractivity contribution is 1.31. The van der Waals surface area contributed by atoms with Gasteiger partial charge in [-0.1, -0.05) is 23.2 Å². The third kappa shape index (κ3) is 3.59. The Hall–Kier alpha value is -0.380. The minimum Gasteiger partial charge on any atom is -0.278 e. The fraction of sp³-hybridized carbons (Fsp3) is 0.300. The molecule has 1 aromatic carbocycles. The fourth-order valence-corrected chi connectivity index (χ4v) is 1.59. The maximum atomic E-state index is 5.99. The number of nitrogens with zero attached hydrogens (tertiary/aromatic N) is 1. The quantitative estimate of drug-likeness (QED) is 0.654. The third-order valence-electron chi connectivity index (χ3n) is 1.86. The van der Waals surface area contributed by atoms with E-state index in [2.05, 4.69) is 10.5 Å². The average molecular weight is 263 g/mol. The predicted molar refractivity (Wildman–Crippen MR) is 71.7 cm³/mol. The molecular formula is C10H12Cl2N2S. The van der Waals surface area contributed by atoms with E-state index in [1.54, 1.807) is 17.8 Å². The van der Waals surface area contributed by atoms with Crippen LogP contribution in [0.2, 0.25) is 10.0 Å². The first-order chi connectivity index (χ1) is 7.16. The summed E-state index contributed by atoms with van der Waals surface area (Å²) in [5, 5.41) is 5.20. The molecule has 1 aromatic rings. The Kier molecular flexibility index (Phi) is 5.29. The van der Waals surface area contributed by atoms with Crippen molar-refractivity contribution in [3.05, 3.63) is 27.7 Å². The maximum absolute atomic E-state index is 5.99. The molecule has 15 heavy (non-hydrogen) atoms. The topological polar surface area (TPSA) is 24.4 Å². The minimum atomic E-state index is 0.563. The van der Waals surface area contributed by atoms with Crippen molar-refractivity contribution < 1.29 is 0 Å². The molecule has 0 radical (unpaired) electrons. The Labute approximate surface area is 104 Å². The zero-order valence-corrected chi connectivity index (χ0v) is 10.9. The Morgan fingerprint density at radius 3 is 2.87 bits per heavy atom. The molecule has 0 heterocycles. The summed E-state index contributed by atoms with van der Waals surface area (Å²) in [7, 11) is 0. The van der Waals surface area contributed by atoms with Gasteiger partial charge in [-0.25, -0.2) is 0 Å². The highest BCUT2D eigenvalue weighted by molar-refractivity contribution is 7.99. The number of halogens is 2. The zero-order chi connectivity index (χ0) is 11.3. The van der Waals surface area contributed by atoms with Crippen molar-refractivity contribution in [1.82, 2.24) is 0 Å². The van der Waals surface area contributed by atoms with Crippen LogP contribution in [0.1, 0.15) is 5.56 Å². The predicted octanol–water partition coefficient (Wildman–Crippen LogP) is 4.06. The van der Waals surface area contributed by atoms with Crippen LogP contribution in [0, 0.1) is 6.92 Å². The van der Waals surface area contributed by atoms with Crippen molar-refractivity contribution in [2.24, 2.45) is 5.10 Å². The number of rotatable bonds is 4. The van der Waals surface area contributed by atoms with Crippen molar-refractivity contribution in [2.75, 3.05) is 17.4 Å². The zero-order valence-electron chi connectivity index (χ0n) is 8.55. The molecule has 1 N–H and O–H groups in total. The van der Waals surface area contributed by atoms with E-state index in [9.17, 15) is 0 Å². The summed E-state index contributed by atoms with van der Waals surface area (Å²) in [5.41, 5.74) is 4.71. The first kappa shape index (κ1) is 12.7. The van der Waals surface area contributed by atoms with Gasteiger partial charge in [-0.3, -0.25) is 5.43 Å². The van der Waals surface area contributed by atoms with Crippen LogP contribution in [0.25, 0.3) is 0 Å². The largest absolute Gasteiger partial charge is 0.278 e. The molecule has 0 aliphatic carbocycles. The molecule has 0 saturated heterocycles. The van der Waals surface area contributed by atoms with Crippen LogP contribution in [0.3, 0.4) is 0 Å². The van der Waals surface area contributed by atoms with E-state index in [-0.39, 0.29) is 0 Å². The molecule has 0 aliphatic heterocycles. The number of hydrazone groups is 1. The molecule has 0 aromatic heterocycles. The molecule has 0 aliphatic rings.